The Hall–Kier alpha value is -2.85. The Bertz CT molecular complexity index is 1260. The molecule has 0 atom stereocenters. The van der Waals surface area contributed by atoms with Gasteiger partial charge in [-0.15, -0.1) is 0 Å². The maximum atomic E-state index is 12.8. The zero-order chi connectivity index (χ0) is 24.6. The number of hydrogen-bond acceptors (Lipinski definition) is 4. The average Bonchev–Trinajstić information content (AvgIpc) is 3.19. The van der Waals surface area contributed by atoms with Gasteiger partial charge in [0.2, 0.25) is 15.9 Å². The normalized spacial score (nSPS) is 15.7. The Morgan fingerprint density at radius 3 is 2.35 bits per heavy atom. The summed E-state index contributed by atoms with van der Waals surface area (Å²) in [5.41, 5.74) is 0.939. The van der Waals surface area contributed by atoms with Crippen molar-refractivity contribution in [2.75, 3.05) is 5.75 Å². The second-order valence-electron chi connectivity index (χ2n) is 8.33. The van der Waals surface area contributed by atoms with Crippen molar-refractivity contribution in [3.05, 3.63) is 65.7 Å². The van der Waals surface area contributed by atoms with Crippen LogP contribution in [0.25, 0.3) is 11.3 Å². The molecule has 1 aromatic heterocycles. The largest absolute Gasteiger partial charge is 0.439 e. The third kappa shape index (κ3) is 4.97. The summed E-state index contributed by atoms with van der Waals surface area (Å²) in [6, 6.07) is 13.8. The Labute approximate surface area is 196 Å². The summed E-state index contributed by atoms with van der Waals surface area (Å²) < 4.78 is 73.3. The topological polar surface area (TPSA) is 73.2 Å². The van der Waals surface area contributed by atoms with Crippen molar-refractivity contribution in [3.63, 3.8) is 0 Å². The van der Waals surface area contributed by atoms with Crippen LogP contribution in [0.3, 0.4) is 0 Å². The molecule has 182 valence electrons. The highest BCUT2D eigenvalue weighted by molar-refractivity contribution is 7.89. The lowest BCUT2D eigenvalue weighted by molar-refractivity contribution is -0.137. The first-order valence-corrected chi connectivity index (χ1v) is 12.8. The molecule has 0 amide bonds. The van der Waals surface area contributed by atoms with Gasteiger partial charge in [-0.05, 0) is 69.0 Å². The zero-order valence-electron chi connectivity index (χ0n) is 18.9. The predicted octanol–water partition coefficient (Wildman–Crippen LogP) is 5.70. The molecule has 1 aliphatic rings. The first kappa shape index (κ1) is 24.3. The molecule has 0 bridgehead atoms. The van der Waals surface area contributed by atoms with E-state index in [1.165, 1.54) is 12.1 Å². The van der Waals surface area contributed by atoms with Crippen molar-refractivity contribution in [1.29, 1.82) is 0 Å². The molecule has 34 heavy (non-hydrogen) atoms. The molecule has 0 radical (unpaired) electrons. The average molecular weight is 494 g/mol. The van der Waals surface area contributed by atoms with E-state index in [9.17, 15) is 21.6 Å². The number of aromatic nitrogens is 2. The van der Waals surface area contributed by atoms with E-state index >= 15 is 0 Å². The van der Waals surface area contributed by atoms with Gasteiger partial charge in [0.15, 0.2) is 0 Å². The number of aryl methyl sites for hydroxylation is 1. The monoisotopic (exact) mass is 493 g/mol. The highest BCUT2D eigenvalue weighted by Gasteiger charge is 2.41. The van der Waals surface area contributed by atoms with Gasteiger partial charge in [-0.1, -0.05) is 18.2 Å². The van der Waals surface area contributed by atoms with E-state index in [4.69, 9.17) is 4.74 Å². The number of nitrogens with zero attached hydrogens (tertiary/aromatic N) is 2. The lowest BCUT2D eigenvalue weighted by Crippen LogP contribution is -2.51. The Morgan fingerprint density at radius 2 is 1.79 bits per heavy atom. The summed E-state index contributed by atoms with van der Waals surface area (Å²) in [7, 11) is -3.38. The van der Waals surface area contributed by atoms with Gasteiger partial charge in [0.1, 0.15) is 5.75 Å². The second-order valence-corrected chi connectivity index (χ2v) is 10.3. The van der Waals surface area contributed by atoms with Crippen LogP contribution in [0.2, 0.25) is 0 Å². The Kier molecular flexibility index (Phi) is 6.48. The number of alkyl halides is 3. The summed E-state index contributed by atoms with van der Waals surface area (Å²) in [4.78, 5) is 0. The minimum atomic E-state index is -4.41. The molecule has 3 aromatic rings. The molecule has 10 heteroatoms. The predicted molar refractivity (Wildman–Crippen MR) is 123 cm³/mol. The number of sulfonamides is 1. The van der Waals surface area contributed by atoms with Gasteiger partial charge in [-0.3, -0.25) is 0 Å². The summed E-state index contributed by atoms with van der Waals surface area (Å²) in [5.74, 6) is 0.679. The molecule has 1 heterocycles. The summed E-state index contributed by atoms with van der Waals surface area (Å²) >= 11 is 0. The number of rotatable bonds is 8. The quantitative estimate of drug-likeness (QED) is 0.437. The highest BCUT2D eigenvalue weighted by Crippen LogP contribution is 2.43. The van der Waals surface area contributed by atoms with Gasteiger partial charge in [0.25, 0.3) is 0 Å². The van der Waals surface area contributed by atoms with Gasteiger partial charge in [-0.2, -0.15) is 18.3 Å². The van der Waals surface area contributed by atoms with Gasteiger partial charge >= 0.3 is 6.18 Å². The van der Waals surface area contributed by atoms with Crippen LogP contribution in [0.1, 0.15) is 44.2 Å². The van der Waals surface area contributed by atoms with Crippen molar-refractivity contribution in [2.45, 2.75) is 51.4 Å². The van der Waals surface area contributed by atoms with Crippen LogP contribution in [0.5, 0.6) is 11.6 Å². The van der Waals surface area contributed by atoms with E-state index in [1.54, 1.807) is 17.7 Å². The summed E-state index contributed by atoms with van der Waals surface area (Å²) in [6.07, 6.45) is -2.03. The smallest absolute Gasteiger partial charge is 0.416 e. The molecule has 1 aliphatic carbocycles. The zero-order valence-corrected chi connectivity index (χ0v) is 19.7. The maximum absolute atomic E-state index is 12.8. The fraction of sp³-hybridized carbons (Fsp3) is 0.375. The standard InChI is InChI=1S/C24H26F3N3O3S/c1-3-30-22(33-20-11-9-18(10-12-20)24(25,26)27)16-21(28-30)17-7-5-8-19(15-17)23(13-6-14-23)29-34(31,32)4-2/h5,7-12,15-16,29H,3-4,6,13-14H2,1-2H3. The number of nitrogens with one attached hydrogen (secondary N) is 1. The van der Waals surface area contributed by atoms with Crippen molar-refractivity contribution >= 4 is 10.0 Å². The molecule has 1 fully saturated rings. The molecule has 4 rings (SSSR count). The molecule has 0 unspecified atom stereocenters. The fourth-order valence-corrected chi connectivity index (χ4v) is 5.07. The van der Waals surface area contributed by atoms with Crippen LogP contribution < -0.4 is 9.46 Å². The van der Waals surface area contributed by atoms with Crippen molar-refractivity contribution in [2.24, 2.45) is 0 Å². The molecule has 0 aliphatic heterocycles. The Morgan fingerprint density at radius 1 is 1.09 bits per heavy atom. The van der Waals surface area contributed by atoms with Crippen molar-refractivity contribution < 1.29 is 26.3 Å². The number of halogens is 3. The van der Waals surface area contributed by atoms with Crippen LogP contribution in [-0.4, -0.2) is 24.0 Å². The fourth-order valence-electron chi connectivity index (χ4n) is 4.01. The minimum Gasteiger partial charge on any atom is -0.439 e. The molecule has 6 nitrogen and oxygen atoms in total. The molecule has 1 saturated carbocycles. The third-order valence-electron chi connectivity index (χ3n) is 6.10. The number of benzene rings is 2. The minimum absolute atomic E-state index is 0.0139. The van der Waals surface area contributed by atoms with Crippen molar-refractivity contribution in [3.8, 4) is 22.9 Å². The van der Waals surface area contributed by atoms with Crippen LogP contribution in [0, 0.1) is 0 Å². The summed E-state index contributed by atoms with van der Waals surface area (Å²) in [5, 5.41) is 4.58. The second kappa shape index (κ2) is 9.07. The van der Waals surface area contributed by atoms with Crippen LogP contribution in [-0.2, 0) is 28.3 Å². The van der Waals surface area contributed by atoms with E-state index in [2.05, 4.69) is 9.82 Å². The molecular weight excluding hydrogens is 467 g/mol. The lowest BCUT2D eigenvalue weighted by atomic mass is 9.72. The Balaban J connectivity index is 1.61. The van der Waals surface area contributed by atoms with Gasteiger partial charge in [-0.25, -0.2) is 17.8 Å². The van der Waals surface area contributed by atoms with Gasteiger partial charge < -0.3 is 4.74 Å². The highest BCUT2D eigenvalue weighted by atomic mass is 32.2. The molecule has 1 N–H and O–H groups in total. The van der Waals surface area contributed by atoms with Crippen LogP contribution in [0.15, 0.2) is 54.6 Å². The molecule has 2 aromatic carbocycles. The van der Waals surface area contributed by atoms with Gasteiger partial charge in [0.05, 0.1) is 22.5 Å². The van der Waals surface area contributed by atoms with E-state index in [1.807, 2.05) is 31.2 Å². The van der Waals surface area contributed by atoms with Crippen LogP contribution >= 0.6 is 0 Å². The SMILES string of the molecule is CCn1nc(-c2cccc(C3(NS(=O)(=O)CC)CCC3)c2)cc1Oc1ccc(C(F)(F)F)cc1. The third-order valence-corrected chi connectivity index (χ3v) is 7.56. The first-order chi connectivity index (χ1) is 16.0. The van der Waals surface area contributed by atoms with Crippen molar-refractivity contribution in [1.82, 2.24) is 14.5 Å². The summed E-state index contributed by atoms with van der Waals surface area (Å²) in [6.45, 7) is 3.99. The first-order valence-electron chi connectivity index (χ1n) is 11.1. The van der Waals surface area contributed by atoms with E-state index in [0.717, 1.165) is 42.5 Å². The van der Waals surface area contributed by atoms with E-state index in [-0.39, 0.29) is 11.5 Å². The van der Waals surface area contributed by atoms with Gasteiger partial charge in [0, 0.05) is 18.2 Å². The number of ether oxygens (including phenoxy) is 1. The maximum Gasteiger partial charge on any atom is 0.416 e. The van der Waals surface area contributed by atoms with E-state index < -0.39 is 27.3 Å². The van der Waals surface area contributed by atoms with E-state index in [0.29, 0.717) is 18.1 Å². The lowest BCUT2D eigenvalue weighted by Gasteiger charge is -2.42. The molecular formula is C24H26F3N3O3S. The molecule has 0 spiro atoms. The number of hydrogen-bond donors (Lipinski definition) is 1. The van der Waals surface area contributed by atoms with Crippen LogP contribution in [0.4, 0.5) is 13.2 Å². The molecule has 0 saturated heterocycles.